The van der Waals surface area contributed by atoms with E-state index in [1.165, 1.54) is 18.3 Å². The van der Waals surface area contributed by atoms with Crippen LogP contribution in [0.25, 0.3) is 22.1 Å². The predicted molar refractivity (Wildman–Crippen MR) is 155 cm³/mol. The zero-order chi connectivity index (χ0) is 28.9. The monoisotopic (exact) mass is 540 g/mol. The van der Waals surface area contributed by atoms with E-state index >= 15 is 0 Å². The van der Waals surface area contributed by atoms with Crippen molar-refractivity contribution < 1.29 is 23.1 Å². The summed E-state index contributed by atoms with van der Waals surface area (Å²) in [6, 6.07) is 19.4. The molecule has 0 saturated carbocycles. The molecule has 0 radical (unpaired) electrons. The summed E-state index contributed by atoms with van der Waals surface area (Å²) in [6.07, 6.45) is 4.88. The lowest BCUT2D eigenvalue weighted by Crippen LogP contribution is -2.32. The summed E-state index contributed by atoms with van der Waals surface area (Å²) in [6.45, 7) is 7.50. The van der Waals surface area contributed by atoms with E-state index in [1.54, 1.807) is 51.1 Å². The topological polar surface area (TPSA) is 94.6 Å². The Bertz CT molecular complexity index is 1570. The normalized spacial score (nSPS) is 12.2. The molecule has 4 aromatic rings. The number of nitrogens with one attached hydrogen (secondary N) is 1. The zero-order valence-electron chi connectivity index (χ0n) is 23.1. The molecule has 0 unspecified atom stereocenters. The first-order valence-corrected chi connectivity index (χ1v) is 13.0. The number of ketones is 1. The Morgan fingerprint density at radius 1 is 1.02 bits per heavy atom. The fourth-order valence-corrected chi connectivity index (χ4v) is 4.19. The standard InChI is InChI=1S/C33H33FN2O4/c1-21-8-10-24(11-9-21)30(37)25(19-35)7-5-6-22-16-26-18-28(20-36-32(38)40-33(2,3)4)39-31(26)29(17-22)23-12-14-27(34)15-13-23/h5,7-19H,6,20,35H2,1-4H3,(H,36,38)/b7-5-,25-19+. The molecule has 0 aliphatic heterocycles. The number of halogens is 1. The van der Waals surface area contributed by atoms with Crippen molar-refractivity contribution >= 4 is 22.8 Å². The third kappa shape index (κ3) is 7.26. The second-order valence-electron chi connectivity index (χ2n) is 10.6. The number of fused-ring (bicyclic) bond motifs is 1. The third-order valence-corrected chi connectivity index (χ3v) is 6.09. The molecule has 0 atom stereocenters. The van der Waals surface area contributed by atoms with E-state index in [0.717, 1.165) is 27.6 Å². The van der Waals surface area contributed by atoms with Gasteiger partial charge in [-0.2, -0.15) is 0 Å². The van der Waals surface area contributed by atoms with E-state index in [1.807, 2.05) is 43.3 Å². The Balaban J connectivity index is 1.60. The molecule has 0 fully saturated rings. The van der Waals surface area contributed by atoms with Crippen molar-refractivity contribution in [1.29, 1.82) is 0 Å². The van der Waals surface area contributed by atoms with E-state index in [4.69, 9.17) is 14.9 Å². The molecule has 40 heavy (non-hydrogen) atoms. The molecule has 4 rings (SSSR count). The molecular formula is C33H33FN2O4. The Kier molecular flexibility index (Phi) is 8.53. The van der Waals surface area contributed by atoms with Crippen LogP contribution >= 0.6 is 0 Å². The Hall–Kier alpha value is -4.65. The third-order valence-electron chi connectivity index (χ3n) is 6.09. The number of benzene rings is 3. The summed E-state index contributed by atoms with van der Waals surface area (Å²) in [5, 5.41) is 3.54. The number of nitrogens with two attached hydrogens (primary N) is 1. The molecule has 1 aromatic heterocycles. The van der Waals surface area contributed by atoms with Crippen molar-refractivity contribution in [3.05, 3.63) is 119 Å². The van der Waals surface area contributed by atoms with E-state index in [0.29, 0.717) is 28.9 Å². The minimum atomic E-state index is -0.611. The minimum absolute atomic E-state index is 0.146. The van der Waals surface area contributed by atoms with Gasteiger partial charge < -0.3 is 20.2 Å². The quantitative estimate of drug-likeness (QED) is 0.138. The lowest BCUT2D eigenvalue weighted by molar-refractivity contribution is 0.0520. The average molecular weight is 541 g/mol. The van der Waals surface area contributed by atoms with Crippen molar-refractivity contribution in [2.24, 2.45) is 5.73 Å². The number of carbonyl (C=O) groups is 2. The Morgan fingerprint density at radius 3 is 2.38 bits per heavy atom. The van der Waals surface area contributed by atoms with Gasteiger partial charge in [0.15, 0.2) is 5.78 Å². The maximum absolute atomic E-state index is 13.6. The summed E-state index contributed by atoms with van der Waals surface area (Å²) in [4.78, 5) is 25.0. The second-order valence-corrected chi connectivity index (χ2v) is 10.6. The fourth-order valence-electron chi connectivity index (χ4n) is 4.19. The number of allylic oxidation sites excluding steroid dienone is 3. The fraction of sp³-hybridized carbons (Fsp3) is 0.212. The summed E-state index contributed by atoms with van der Waals surface area (Å²) >= 11 is 0. The summed E-state index contributed by atoms with van der Waals surface area (Å²) in [7, 11) is 0. The first-order valence-electron chi connectivity index (χ1n) is 13.0. The van der Waals surface area contributed by atoms with Gasteiger partial charge in [0.2, 0.25) is 0 Å². The smallest absolute Gasteiger partial charge is 0.408 e. The van der Waals surface area contributed by atoms with Gasteiger partial charge in [0.25, 0.3) is 0 Å². The molecule has 3 N–H and O–H groups in total. The van der Waals surface area contributed by atoms with Crippen molar-refractivity contribution in [3.8, 4) is 11.1 Å². The first-order chi connectivity index (χ1) is 19.0. The van der Waals surface area contributed by atoms with Gasteiger partial charge in [-0.1, -0.05) is 54.1 Å². The van der Waals surface area contributed by atoms with Crippen LogP contribution in [0.3, 0.4) is 0 Å². The van der Waals surface area contributed by atoms with E-state index in [2.05, 4.69) is 5.32 Å². The minimum Gasteiger partial charge on any atom is -0.459 e. The van der Waals surface area contributed by atoms with Gasteiger partial charge in [-0.3, -0.25) is 4.79 Å². The molecule has 206 valence electrons. The molecule has 0 aliphatic rings. The Morgan fingerprint density at radius 2 is 1.73 bits per heavy atom. The van der Waals surface area contributed by atoms with Crippen LogP contribution < -0.4 is 11.1 Å². The lowest BCUT2D eigenvalue weighted by Gasteiger charge is -2.19. The van der Waals surface area contributed by atoms with Crippen molar-refractivity contribution in [1.82, 2.24) is 5.32 Å². The van der Waals surface area contributed by atoms with Crippen molar-refractivity contribution in [2.75, 3.05) is 0 Å². The molecule has 3 aromatic carbocycles. The van der Waals surface area contributed by atoms with Crippen LogP contribution in [0.5, 0.6) is 0 Å². The van der Waals surface area contributed by atoms with Gasteiger partial charge in [0, 0.05) is 28.3 Å². The van der Waals surface area contributed by atoms with Gasteiger partial charge in [-0.25, -0.2) is 9.18 Å². The largest absolute Gasteiger partial charge is 0.459 e. The average Bonchev–Trinajstić information content (AvgIpc) is 3.32. The Labute approximate surface area is 233 Å². The number of carbonyl (C=O) groups excluding carboxylic acids is 2. The number of hydrogen-bond donors (Lipinski definition) is 2. The highest BCUT2D eigenvalue weighted by atomic mass is 19.1. The number of hydrogen-bond acceptors (Lipinski definition) is 5. The second kappa shape index (κ2) is 12.0. The number of furan rings is 1. The molecule has 0 saturated heterocycles. The van der Waals surface area contributed by atoms with Gasteiger partial charge in [-0.05, 0) is 75.6 Å². The number of amides is 1. The molecule has 7 heteroatoms. The molecule has 6 nitrogen and oxygen atoms in total. The SMILES string of the molecule is Cc1ccc(C(=O)C(/C=C\Cc2cc(-c3ccc(F)cc3)c3oc(CNC(=O)OC(C)(C)C)cc3c2)=C/N)cc1. The molecule has 0 aliphatic carbocycles. The van der Waals surface area contributed by atoms with Crippen LogP contribution in [-0.4, -0.2) is 17.5 Å². The van der Waals surface area contributed by atoms with Gasteiger partial charge in [0.1, 0.15) is 22.8 Å². The van der Waals surface area contributed by atoms with Crippen LogP contribution in [0.1, 0.15) is 48.0 Å². The number of Topliss-reactive ketones (excluding diaryl/α,β-unsaturated/α-hetero) is 1. The highest BCUT2D eigenvalue weighted by Crippen LogP contribution is 2.33. The number of rotatable bonds is 8. The summed E-state index contributed by atoms with van der Waals surface area (Å²) in [5.41, 5.74) is 10.3. The van der Waals surface area contributed by atoms with Crippen LogP contribution in [0.4, 0.5) is 9.18 Å². The van der Waals surface area contributed by atoms with Crippen LogP contribution in [-0.2, 0) is 17.7 Å². The van der Waals surface area contributed by atoms with Gasteiger partial charge in [0.05, 0.1) is 6.54 Å². The van der Waals surface area contributed by atoms with Gasteiger partial charge >= 0.3 is 6.09 Å². The molecule has 0 spiro atoms. The predicted octanol–water partition coefficient (Wildman–Crippen LogP) is 7.40. The van der Waals surface area contributed by atoms with Gasteiger partial charge in [-0.15, -0.1) is 0 Å². The van der Waals surface area contributed by atoms with E-state index in [9.17, 15) is 14.0 Å². The number of alkyl carbamates (subject to hydrolysis) is 1. The highest BCUT2D eigenvalue weighted by Gasteiger charge is 2.17. The van der Waals surface area contributed by atoms with Crippen molar-refractivity contribution in [3.63, 3.8) is 0 Å². The van der Waals surface area contributed by atoms with Crippen LogP contribution in [0, 0.1) is 12.7 Å². The maximum atomic E-state index is 13.6. The summed E-state index contributed by atoms with van der Waals surface area (Å²) in [5.74, 6) is 0.0623. The summed E-state index contributed by atoms with van der Waals surface area (Å²) < 4.78 is 25.1. The van der Waals surface area contributed by atoms with Crippen molar-refractivity contribution in [2.45, 2.75) is 46.3 Å². The van der Waals surface area contributed by atoms with Crippen LogP contribution in [0.2, 0.25) is 0 Å². The molecule has 1 amide bonds. The molecular weight excluding hydrogens is 507 g/mol. The number of ether oxygens (including phenoxy) is 1. The van der Waals surface area contributed by atoms with Crippen LogP contribution in [0.15, 0.2) is 95.1 Å². The zero-order valence-corrected chi connectivity index (χ0v) is 23.1. The molecule has 0 bridgehead atoms. The highest BCUT2D eigenvalue weighted by molar-refractivity contribution is 6.10. The maximum Gasteiger partial charge on any atom is 0.408 e. The lowest BCUT2D eigenvalue weighted by atomic mass is 9.98. The van der Waals surface area contributed by atoms with E-state index in [-0.39, 0.29) is 18.1 Å². The first kappa shape index (κ1) is 28.4. The van der Waals surface area contributed by atoms with E-state index < -0.39 is 11.7 Å². The molecule has 1 heterocycles. The number of aryl methyl sites for hydroxylation is 1.